The SMILES string of the molecule is CC(C)CCCCCCCOC(=O)Oc1c2n(cc(C(=O)NCc3ccc(F)cc3F)c1=O)C1(C)CN(C2=O)C(C)CCC1C.CCC.CN=C(C)OC. The second-order valence-electron chi connectivity index (χ2n) is 14.8. The van der Waals surface area contributed by atoms with E-state index in [2.05, 4.69) is 42.7 Å². The molecular formula is C41H62F2N4O7. The number of methoxy groups -OCH3 is 1. The minimum absolute atomic E-state index is 0.0203. The van der Waals surface area contributed by atoms with Crippen LogP contribution in [0.4, 0.5) is 13.6 Å². The van der Waals surface area contributed by atoms with Crippen molar-refractivity contribution in [3.8, 4) is 5.75 Å². The maximum Gasteiger partial charge on any atom is 0.514 e. The van der Waals surface area contributed by atoms with E-state index < -0.39 is 46.3 Å². The van der Waals surface area contributed by atoms with Crippen LogP contribution in [0.2, 0.25) is 0 Å². The van der Waals surface area contributed by atoms with Crippen molar-refractivity contribution in [1.29, 1.82) is 0 Å². The van der Waals surface area contributed by atoms with Gasteiger partial charge in [0, 0.05) is 50.9 Å². The van der Waals surface area contributed by atoms with Gasteiger partial charge in [-0.15, -0.1) is 0 Å². The summed E-state index contributed by atoms with van der Waals surface area (Å²) in [7, 11) is 3.29. The van der Waals surface area contributed by atoms with Crippen molar-refractivity contribution in [3.63, 3.8) is 0 Å². The molecule has 2 amide bonds. The molecule has 13 heteroatoms. The summed E-state index contributed by atoms with van der Waals surface area (Å²) in [6, 6.07) is 2.85. The molecule has 1 aromatic heterocycles. The molecule has 4 rings (SSSR count). The molecule has 2 aromatic rings. The summed E-state index contributed by atoms with van der Waals surface area (Å²) in [4.78, 5) is 59.2. The van der Waals surface area contributed by atoms with Gasteiger partial charge in [-0.1, -0.05) is 79.2 Å². The smallest absolute Gasteiger partial charge is 0.485 e. The summed E-state index contributed by atoms with van der Waals surface area (Å²) < 4.78 is 44.6. The van der Waals surface area contributed by atoms with Crippen molar-refractivity contribution in [1.82, 2.24) is 14.8 Å². The van der Waals surface area contributed by atoms with Crippen LogP contribution in [0.25, 0.3) is 0 Å². The molecule has 54 heavy (non-hydrogen) atoms. The standard InChI is InChI=1S/C34H45F2N3O6.C4H9NO.C3H8/c1-21(2)11-9-7-6-8-10-16-44-33(43)45-30-28-32(42)38-20-34(5,22(3)12-13-23(38)4)39(28)19-26(29(30)40)31(41)37-18-24-14-15-25(35)17-27(24)36;1-4(5-2)6-3;1-3-2/h14-15,17,19,21-23H,6-13,16,18,20H2,1-5H3,(H,37,41);1-3H3;3H2,1-2H3. The molecule has 2 aliphatic heterocycles. The number of unbranched alkanes of at least 4 members (excludes halogenated alkanes) is 4. The van der Waals surface area contributed by atoms with E-state index in [1.165, 1.54) is 25.1 Å². The Morgan fingerprint density at radius 1 is 1.06 bits per heavy atom. The Labute approximate surface area is 319 Å². The fourth-order valence-corrected chi connectivity index (χ4v) is 6.27. The van der Waals surface area contributed by atoms with Gasteiger partial charge < -0.3 is 29.0 Å². The van der Waals surface area contributed by atoms with Crippen molar-refractivity contribution in [2.24, 2.45) is 16.8 Å². The topological polar surface area (TPSA) is 129 Å². The number of ether oxygens (including phenoxy) is 3. The van der Waals surface area contributed by atoms with Crippen molar-refractivity contribution in [3.05, 3.63) is 63.1 Å². The molecule has 302 valence electrons. The lowest BCUT2D eigenvalue weighted by molar-refractivity contribution is 0.0447. The second kappa shape index (κ2) is 22.2. The third-order valence-corrected chi connectivity index (χ3v) is 9.92. The quantitative estimate of drug-likeness (QED) is 0.0993. The highest BCUT2D eigenvalue weighted by molar-refractivity contribution is 6.00. The maximum absolute atomic E-state index is 14.2. The summed E-state index contributed by atoms with van der Waals surface area (Å²) >= 11 is 0. The van der Waals surface area contributed by atoms with Gasteiger partial charge in [0.2, 0.25) is 11.2 Å². The van der Waals surface area contributed by atoms with E-state index in [-0.39, 0.29) is 41.9 Å². The van der Waals surface area contributed by atoms with E-state index in [9.17, 15) is 28.0 Å². The Bertz CT molecular complexity index is 1640. The molecule has 2 aliphatic rings. The first-order valence-corrected chi connectivity index (χ1v) is 19.2. The van der Waals surface area contributed by atoms with E-state index in [0.29, 0.717) is 24.9 Å². The molecule has 0 spiro atoms. The van der Waals surface area contributed by atoms with E-state index in [0.717, 1.165) is 50.5 Å². The molecule has 1 aromatic carbocycles. The zero-order chi connectivity index (χ0) is 40.6. The molecule has 0 radical (unpaired) electrons. The molecule has 3 atom stereocenters. The summed E-state index contributed by atoms with van der Waals surface area (Å²) in [6.45, 7) is 16.5. The lowest BCUT2D eigenvalue weighted by Gasteiger charge is -2.46. The predicted octanol–water partition coefficient (Wildman–Crippen LogP) is 8.66. The highest BCUT2D eigenvalue weighted by Gasteiger charge is 2.48. The van der Waals surface area contributed by atoms with Gasteiger partial charge in [0.1, 0.15) is 17.2 Å². The van der Waals surface area contributed by atoms with Gasteiger partial charge in [0.15, 0.2) is 11.6 Å². The van der Waals surface area contributed by atoms with Crippen molar-refractivity contribution in [2.75, 3.05) is 27.3 Å². The number of aromatic nitrogens is 1. The minimum atomic E-state index is -1.14. The first-order valence-electron chi connectivity index (χ1n) is 19.2. The van der Waals surface area contributed by atoms with Crippen LogP contribution in [0.15, 0.2) is 34.2 Å². The van der Waals surface area contributed by atoms with Crippen molar-refractivity contribution >= 4 is 23.9 Å². The number of benzene rings is 1. The predicted molar refractivity (Wildman–Crippen MR) is 207 cm³/mol. The highest BCUT2D eigenvalue weighted by atomic mass is 19.1. The van der Waals surface area contributed by atoms with Crippen LogP contribution < -0.4 is 15.5 Å². The van der Waals surface area contributed by atoms with Crippen LogP contribution in [0.3, 0.4) is 0 Å². The molecule has 0 saturated carbocycles. The molecular weight excluding hydrogens is 698 g/mol. The van der Waals surface area contributed by atoms with Crippen LogP contribution in [0.5, 0.6) is 5.75 Å². The lowest BCUT2D eigenvalue weighted by atomic mass is 9.82. The lowest BCUT2D eigenvalue weighted by Crippen LogP contribution is -2.56. The van der Waals surface area contributed by atoms with E-state index in [1.54, 1.807) is 30.5 Å². The monoisotopic (exact) mass is 760 g/mol. The highest BCUT2D eigenvalue weighted by Crippen LogP contribution is 2.41. The zero-order valence-electron chi connectivity index (χ0n) is 34.0. The van der Waals surface area contributed by atoms with Gasteiger partial charge in [-0.05, 0) is 51.0 Å². The number of pyridine rings is 1. The number of carbonyl (C=O) groups excluding carboxylic acids is 3. The van der Waals surface area contributed by atoms with Gasteiger partial charge in [-0.3, -0.25) is 19.4 Å². The average molecular weight is 761 g/mol. The molecule has 1 saturated heterocycles. The summed E-state index contributed by atoms with van der Waals surface area (Å²) in [5.74, 6) is -2.10. The van der Waals surface area contributed by atoms with E-state index in [1.807, 2.05) is 20.8 Å². The number of amides is 2. The summed E-state index contributed by atoms with van der Waals surface area (Å²) in [5.41, 5.74) is -2.16. The van der Waals surface area contributed by atoms with E-state index >= 15 is 0 Å². The Hall–Kier alpha value is -4.29. The minimum Gasteiger partial charge on any atom is -0.485 e. The van der Waals surface area contributed by atoms with E-state index in [4.69, 9.17) is 9.47 Å². The van der Waals surface area contributed by atoms with Gasteiger partial charge in [0.25, 0.3) is 11.8 Å². The number of nitrogens with one attached hydrogen (secondary N) is 1. The van der Waals surface area contributed by atoms with Crippen LogP contribution in [-0.2, 0) is 21.6 Å². The number of rotatable bonds is 12. The average Bonchev–Trinajstić information content (AvgIpc) is 3.23. The fraction of sp³-hybridized carbons (Fsp3) is 0.634. The van der Waals surface area contributed by atoms with Crippen LogP contribution in [0.1, 0.15) is 140 Å². The third kappa shape index (κ3) is 12.7. The number of aliphatic imine (C=N–C) groups is 1. The first kappa shape index (κ1) is 45.9. The van der Waals surface area contributed by atoms with Gasteiger partial charge in [-0.2, -0.15) is 0 Å². The van der Waals surface area contributed by atoms with Gasteiger partial charge >= 0.3 is 6.16 Å². The number of fused-ring (bicyclic) bond motifs is 4. The van der Waals surface area contributed by atoms with Gasteiger partial charge in [-0.25, -0.2) is 13.6 Å². The van der Waals surface area contributed by atoms with Crippen molar-refractivity contribution < 1.29 is 37.4 Å². The first-order chi connectivity index (χ1) is 25.6. The Morgan fingerprint density at radius 3 is 2.30 bits per heavy atom. The number of nitrogens with zero attached hydrogens (tertiary/aromatic N) is 3. The Kier molecular flexibility index (Phi) is 18.8. The second-order valence-corrected chi connectivity index (χ2v) is 14.8. The summed E-state index contributed by atoms with van der Waals surface area (Å²) in [5, 5.41) is 2.50. The normalized spacial score (nSPS) is 19.0. The number of hydrogen-bond donors (Lipinski definition) is 1. The number of hydrogen-bond acceptors (Lipinski definition) is 8. The molecule has 0 aliphatic carbocycles. The largest absolute Gasteiger partial charge is 0.514 e. The molecule has 3 unspecified atom stereocenters. The van der Waals surface area contributed by atoms with Crippen LogP contribution in [0, 0.1) is 23.5 Å². The third-order valence-electron chi connectivity index (χ3n) is 9.92. The molecule has 11 nitrogen and oxygen atoms in total. The fourth-order valence-electron chi connectivity index (χ4n) is 6.27. The molecule has 3 heterocycles. The Balaban J connectivity index is 0.00000100. The number of carbonyl (C=O) groups is 3. The molecule has 1 N–H and O–H groups in total. The van der Waals surface area contributed by atoms with Crippen LogP contribution >= 0.6 is 0 Å². The zero-order valence-corrected chi connectivity index (χ0v) is 34.0. The van der Waals surface area contributed by atoms with Crippen molar-refractivity contribution in [2.45, 2.75) is 131 Å². The molecule has 2 bridgehead atoms. The summed E-state index contributed by atoms with van der Waals surface area (Å²) in [6.07, 6.45) is 8.90. The van der Waals surface area contributed by atoms with Crippen LogP contribution in [-0.4, -0.2) is 66.7 Å². The Morgan fingerprint density at radius 2 is 1.70 bits per heavy atom. The van der Waals surface area contributed by atoms with Gasteiger partial charge in [0.05, 0.1) is 19.3 Å². The number of halogens is 2. The maximum atomic E-state index is 14.2. The molecule has 1 fully saturated rings.